The number of fused-ring (bicyclic) bond motifs is 1. The summed E-state index contributed by atoms with van der Waals surface area (Å²) in [6, 6.07) is 11.9. The molecule has 0 bridgehead atoms. The molecule has 148 valence electrons. The van der Waals surface area contributed by atoms with E-state index in [1.165, 1.54) is 0 Å². The Bertz CT molecular complexity index is 921. The molecule has 0 saturated carbocycles. The molecular formula is C22H27N3O3. The van der Waals surface area contributed by atoms with Crippen molar-refractivity contribution in [3.63, 3.8) is 0 Å². The quantitative estimate of drug-likeness (QED) is 0.546. The lowest BCUT2D eigenvalue weighted by molar-refractivity contribution is -0.118. The standard InChI is InChI=1S/C22H27N3O3/c1-16(17-7-4-3-5-8-17)11-20(27)13-19-12-18-14-23-25(9-6-10-28-2)22(18)21(15-26)24-19/h3-5,7-8,12,14,16,26H,6,9-11,13,15H2,1-2H3/t16-/m0/s1. The second kappa shape index (κ2) is 9.57. The normalized spacial score (nSPS) is 12.4. The van der Waals surface area contributed by atoms with Gasteiger partial charge in [-0.3, -0.25) is 14.5 Å². The van der Waals surface area contributed by atoms with E-state index < -0.39 is 0 Å². The highest BCUT2D eigenvalue weighted by atomic mass is 16.5. The zero-order chi connectivity index (χ0) is 19.9. The van der Waals surface area contributed by atoms with Gasteiger partial charge >= 0.3 is 0 Å². The van der Waals surface area contributed by atoms with Crippen molar-refractivity contribution in [2.75, 3.05) is 13.7 Å². The Kier molecular flexibility index (Phi) is 6.90. The molecule has 0 radical (unpaired) electrons. The van der Waals surface area contributed by atoms with Crippen LogP contribution in [0.1, 0.15) is 42.6 Å². The molecule has 1 N–H and O–H groups in total. The number of aliphatic hydroxyl groups excluding tert-OH is 1. The lowest BCUT2D eigenvalue weighted by Gasteiger charge is -2.11. The van der Waals surface area contributed by atoms with Gasteiger partial charge in [0.15, 0.2) is 0 Å². The minimum Gasteiger partial charge on any atom is -0.390 e. The van der Waals surface area contributed by atoms with Gasteiger partial charge in [0.05, 0.1) is 24.0 Å². The topological polar surface area (TPSA) is 77.2 Å². The summed E-state index contributed by atoms with van der Waals surface area (Å²) in [5.74, 6) is 0.304. The number of hydrogen-bond donors (Lipinski definition) is 1. The number of nitrogens with zero attached hydrogens (tertiary/aromatic N) is 3. The number of carbonyl (C=O) groups is 1. The highest BCUT2D eigenvalue weighted by Crippen LogP contribution is 2.22. The Labute approximate surface area is 165 Å². The number of carbonyl (C=O) groups excluding carboxylic acids is 1. The van der Waals surface area contributed by atoms with E-state index in [-0.39, 0.29) is 24.7 Å². The first-order chi connectivity index (χ1) is 13.6. The number of ether oxygens (including phenoxy) is 1. The average Bonchev–Trinajstić information content (AvgIpc) is 3.11. The first-order valence-corrected chi connectivity index (χ1v) is 9.63. The van der Waals surface area contributed by atoms with E-state index in [1.54, 1.807) is 13.3 Å². The summed E-state index contributed by atoms with van der Waals surface area (Å²) >= 11 is 0. The van der Waals surface area contributed by atoms with Gasteiger partial charge < -0.3 is 9.84 Å². The molecule has 2 aromatic heterocycles. The van der Waals surface area contributed by atoms with E-state index in [0.717, 1.165) is 22.9 Å². The Morgan fingerprint density at radius 2 is 2.07 bits per heavy atom. The molecule has 0 unspecified atom stereocenters. The van der Waals surface area contributed by atoms with Crippen LogP contribution in [0.4, 0.5) is 0 Å². The zero-order valence-corrected chi connectivity index (χ0v) is 16.5. The Hall–Kier alpha value is -2.57. The number of hydrogen-bond acceptors (Lipinski definition) is 5. The van der Waals surface area contributed by atoms with Gasteiger partial charge in [0.1, 0.15) is 5.78 Å². The predicted molar refractivity (Wildman–Crippen MR) is 108 cm³/mol. The fourth-order valence-corrected chi connectivity index (χ4v) is 3.50. The van der Waals surface area contributed by atoms with E-state index in [1.807, 2.05) is 41.1 Å². The summed E-state index contributed by atoms with van der Waals surface area (Å²) in [6.45, 7) is 3.22. The number of aryl methyl sites for hydroxylation is 1. The third-order valence-corrected chi connectivity index (χ3v) is 4.89. The fraction of sp³-hybridized carbons (Fsp3) is 0.409. The van der Waals surface area contributed by atoms with E-state index in [2.05, 4.69) is 17.0 Å². The molecule has 0 fully saturated rings. The molecule has 0 aliphatic heterocycles. The van der Waals surface area contributed by atoms with Gasteiger partial charge in [-0.05, 0) is 24.0 Å². The Morgan fingerprint density at radius 1 is 1.29 bits per heavy atom. The highest BCUT2D eigenvalue weighted by Gasteiger charge is 2.16. The van der Waals surface area contributed by atoms with Crippen LogP contribution in [0.3, 0.4) is 0 Å². The smallest absolute Gasteiger partial charge is 0.139 e. The third-order valence-electron chi connectivity index (χ3n) is 4.89. The largest absolute Gasteiger partial charge is 0.390 e. The monoisotopic (exact) mass is 381 g/mol. The van der Waals surface area contributed by atoms with Crippen molar-refractivity contribution in [2.45, 2.75) is 45.3 Å². The van der Waals surface area contributed by atoms with Gasteiger partial charge in [-0.25, -0.2) is 0 Å². The predicted octanol–water partition coefficient (Wildman–Crippen LogP) is 3.27. The van der Waals surface area contributed by atoms with E-state index in [9.17, 15) is 9.90 Å². The van der Waals surface area contributed by atoms with Crippen LogP contribution in [0.5, 0.6) is 0 Å². The first-order valence-electron chi connectivity index (χ1n) is 9.63. The maximum Gasteiger partial charge on any atom is 0.139 e. The second-order valence-electron chi connectivity index (χ2n) is 7.10. The van der Waals surface area contributed by atoms with Gasteiger partial charge in [-0.15, -0.1) is 0 Å². The van der Waals surface area contributed by atoms with Crippen molar-refractivity contribution in [1.82, 2.24) is 14.8 Å². The molecule has 0 aliphatic rings. The third kappa shape index (κ3) is 4.82. The molecule has 0 aliphatic carbocycles. The molecule has 3 rings (SSSR count). The number of pyridine rings is 1. The van der Waals surface area contributed by atoms with Crippen LogP contribution >= 0.6 is 0 Å². The molecule has 0 spiro atoms. The molecule has 6 heteroatoms. The first kappa shape index (κ1) is 20.2. The number of aliphatic hydroxyl groups is 1. The fourth-order valence-electron chi connectivity index (χ4n) is 3.50. The van der Waals surface area contributed by atoms with Crippen LogP contribution in [-0.4, -0.2) is 39.4 Å². The minimum absolute atomic E-state index is 0.138. The summed E-state index contributed by atoms with van der Waals surface area (Å²) < 4.78 is 6.93. The molecule has 3 aromatic rings. The van der Waals surface area contributed by atoms with Crippen LogP contribution in [0.25, 0.3) is 10.9 Å². The number of methoxy groups -OCH3 is 1. The molecule has 2 heterocycles. The zero-order valence-electron chi connectivity index (χ0n) is 16.5. The van der Waals surface area contributed by atoms with Crippen LogP contribution < -0.4 is 0 Å². The average molecular weight is 381 g/mol. The Morgan fingerprint density at radius 3 is 2.79 bits per heavy atom. The molecule has 1 atom stereocenters. The van der Waals surface area contributed by atoms with Crippen LogP contribution in [0, 0.1) is 0 Å². The van der Waals surface area contributed by atoms with Crippen molar-refractivity contribution < 1.29 is 14.6 Å². The molecule has 28 heavy (non-hydrogen) atoms. The van der Waals surface area contributed by atoms with E-state index in [0.29, 0.717) is 31.0 Å². The molecule has 0 amide bonds. The molecular weight excluding hydrogens is 354 g/mol. The minimum atomic E-state index is -0.186. The summed E-state index contributed by atoms with van der Waals surface area (Å²) in [6.07, 6.45) is 3.32. The summed E-state index contributed by atoms with van der Waals surface area (Å²) in [5, 5.41) is 15.1. The van der Waals surface area contributed by atoms with Gasteiger partial charge in [0.2, 0.25) is 0 Å². The van der Waals surface area contributed by atoms with Gasteiger partial charge in [0.25, 0.3) is 0 Å². The number of benzene rings is 1. The van der Waals surface area contributed by atoms with Gasteiger partial charge in [-0.1, -0.05) is 37.3 Å². The van der Waals surface area contributed by atoms with Crippen LogP contribution in [0.2, 0.25) is 0 Å². The maximum atomic E-state index is 12.6. The van der Waals surface area contributed by atoms with Crippen molar-refractivity contribution in [3.8, 4) is 0 Å². The highest BCUT2D eigenvalue weighted by molar-refractivity contribution is 5.85. The maximum absolute atomic E-state index is 12.6. The van der Waals surface area contributed by atoms with Crippen molar-refractivity contribution in [2.24, 2.45) is 0 Å². The van der Waals surface area contributed by atoms with E-state index in [4.69, 9.17) is 4.74 Å². The number of Topliss-reactive ketones (excluding diaryl/α,β-unsaturated/α-hetero) is 1. The lowest BCUT2D eigenvalue weighted by atomic mass is 9.94. The summed E-state index contributed by atoms with van der Waals surface area (Å²) in [4.78, 5) is 17.1. The van der Waals surface area contributed by atoms with Crippen molar-refractivity contribution in [1.29, 1.82) is 0 Å². The van der Waals surface area contributed by atoms with Crippen LogP contribution in [-0.2, 0) is 29.1 Å². The van der Waals surface area contributed by atoms with Crippen molar-refractivity contribution in [3.05, 3.63) is 59.5 Å². The number of rotatable bonds is 10. The molecule has 1 aromatic carbocycles. The molecule has 0 saturated heterocycles. The van der Waals surface area contributed by atoms with Crippen molar-refractivity contribution >= 4 is 16.7 Å². The SMILES string of the molecule is COCCCn1ncc2cc(CC(=O)C[C@H](C)c3ccccc3)nc(CO)c21. The van der Waals surface area contributed by atoms with Gasteiger partial charge in [0, 0.05) is 44.2 Å². The van der Waals surface area contributed by atoms with Crippen LogP contribution in [0.15, 0.2) is 42.6 Å². The Balaban J connectivity index is 1.73. The lowest BCUT2D eigenvalue weighted by Crippen LogP contribution is -2.10. The number of ketones is 1. The second-order valence-corrected chi connectivity index (χ2v) is 7.10. The number of aromatic nitrogens is 3. The molecule has 6 nitrogen and oxygen atoms in total. The summed E-state index contributed by atoms with van der Waals surface area (Å²) in [7, 11) is 1.67. The van der Waals surface area contributed by atoms with E-state index >= 15 is 0 Å². The van der Waals surface area contributed by atoms with Gasteiger partial charge in [-0.2, -0.15) is 5.10 Å². The summed E-state index contributed by atoms with van der Waals surface area (Å²) in [5.41, 5.74) is 3.23.